The van der Waals surface area contributed by atoms with Crippen molar-refractivity contribution in [3.63, 3.8) is 0 Å². The van der Waals surface area contributed by atoms with Crippen molar-refractivity contribution in [1.82, 2.24) is 4.98 Å². The SMILES string of the molecule is Nc1ccc(Cl)nc1Nc1ccc(F)c(Br)c1. The zero-order valence-corrected chi connectivity index (χ0v) is 10.9. The molecule has 3 N–H and O–H groups in total. The van der Waals surface area contributed by atoms with Gasteiger partial charge in [0.1, 0.15) is 11.0 Å². The molecule has 3 nitrogen and oxygen atoms in total. The third-order valence-electron chi connectivity index (χ3n) is 2.07. The zero-order chi connectivity index (χ0) is 12.4. The fourth-order valence-electron chi connectivity index (χ4n) is 1.26. The van der Waals surface area contributed by atoms with Gasteiger partial charge in [0.15, 0.2) is 5.82 Å². The van der Waals surface area contributed by atoms with Gasteiger partial charge in [0.05, 0.1) is 10.2 Å². The van der Waals surface area contributed by atoms with Crippen molar-refractivity contribution in [2.24, 2.45) is 0 Å². The van der Waals surface area contributed by atoms with Crippen LogP contribution >= 0.6 is 27.5 Å². The highest BCUT2D eigenvalue weighted by molar-refractivity contribution is 9.10. The third-order valence-corrected chi connectivity index (χ3v) is 2.89. The molecule has 0 bridgehead atoms. The quantitative estimate of drug-likeness (QED) is 0.825. The minimum absolute atomic E-state index is 0.331. The van der Waals surface area contributed by atoms with Crippen molar-refractivity contribution >= 4 is 44.7 Å². The van der Waals surface area contributed by atoms with Crippen LogP contribution in [0.2, 0.25) is 5.15 Å². The van der Waals surface area contributed by atoms with Gasteiger partial charge in [0.25, 0.3) is 0 Å². The van der Waals surface area contributed by atoms with Gasteiger partial charge in [-0.15, -0.1) is 0 Å². The van der Waals surface area contributed by atoms with Crippen LogP contribution in [0.4, 0.5) is 21.6 Å². The number of pyridine rings is 1. The molecule has 1 aromatic carbocycles. The van der Waals surface area contributed by atoms with Gasteiger partial charge in [-0.3, -0.25) is 0 Å². The van der Waals surface area contributed by atoms with Crippen molar-refractivity contribution in [1.29, 1.82) is 0 Å². The minimum Gasteiger partial charge on any atom is -0.396 e. The van der Waals surface area contributed by atoms with E-state index in [1.54, 1.807) is 24.3 Å². The maximum absolute atomic E-state index is 13.0. The van der Waals surface area contributed by atoms with Gasteiger partial charge in [-0.05, 0) is 46.3 Å². The summed E-state index contributed by atoms with van der Waals surface area (Å²) in [5.41, 5.74) is 6.87. The smallest absolute Gasteiger partial charge is 0.155 e. The molecule has 88 valence electrons. The van der Waals surface area contributed by atoms with Gasteiger partial charge in [0, 0.05) is 5.69 Å². The predicted molar refractivity (Wildman–Crippen MR) is 71.0 cm³/mol. The average molecular weight is 317 g/mol. The van der Waals surface area contributed by atoms with E-state index in [1.807, 2.05) is 0 Å². The van der Waals surface area contributed by atoms with Crippen LogP contribution in [0.5, 0.6) is 0 Å². The summed E-state index contributed by atoms with van der Waals surface area (Å²) in [6, 6.07) is 7.77. The molecule has 0 atom stereocenters. The van der Waals surface area contributed by atoms with E-state index in [0.29, 0.717) is 26.8 Å². The zero-order valence-electron chi connectivity index (χ0n) is 8.55. The first-order valence-electron chi connectivity index (χ1n) is 4.70. The summed E-state index contributed by atoms with van der Waals surface area (Å²) in [6.07, 6.45) is 0. The molecule has 0 amide bonds. The van der Waals surface area contributed by atoms with E-state index in [0.717, 1.165) is 0 Å². The number of nitrogens with two attached hydrogens (primary N) is 1. The molecule has 2 aromatic rings. The van der Waals surface area contributed by atoms with E-state index in [1.165, 1.54) is 6.07 Å². The molecular weight excluding hydrogens is 308 g/mol. The monoisotopic (exact) mass is 315 g/mol. The number of nitrogen functional groups attached to an aromatic ring is 1. The minimum atomic E-state index is -0.331. The Bertz CT molecular complexity index is 562. The number of hydrogen-bond acceptors (Lipinski definition) is 3. The standard InChI is InChI=1S/C11H8BrClFN3/c12-7-5-6(1-2-8(7)14)16-11-9(15)3-4-10(13)17-11/h1-5H,15H2,(H,16,17). The summed E-state index contributed by atoms with van der Waals surface area (Å²) in [5.74, 6) is 0.110. The summed E-state index contributed by atoms with van der Waals surface area (Å²) in [6.45, 7) is 0. The molecule has 0 aliphatic heterocycles. The average Bonchev–Trinajstić information content (AvgIpc) is 2.29. The first kappa shape index (κ1) is 12.1. The number of nitrogens with zero attached hydrogens (tertiary/aromatic N) is 1. The third kappa shape index (κ3) is 2.87. The van der Waals surface area contributed by atoms with Gasteiger partial charge in [0.2, 0.25) is 0 Å². The Kier molecular flexibility index (Phi) is 3.49. The van der Waals surface area contributed by atoms with E-state index in [-0.39, 0.29) is 5.82 Å². The second-order valence-electron chi connectivity index (χ2n) is 3.33. The highest BCUT2D eigenvalue weighted by atomic mass is 79.9. The Hall–Kier alpha value is -1.33. The second kappa shape index (κ2) is 4.89. The topological polar surface area (TPSA) is 50.9 Å². The molecule has 1 heterocycles. The van der Waals surface area contributed by atoms with E-state index >= 15 is 0 Å². The molecule has 0 fully saturated rings. The summed E-state index contributed by atoms with van der Waals surface area (Å²) >= 11 is 8.86. The largest absolute Gasteiger partial charge is 0.396 e. The van der Waals surface area contributed by atoms with Crippen molar-refractivity contribution in [2.75, 3.05) is 11.1 Å². The van der Waals surface area contributed by atoms with Crippen LogP contribution in [0.25, 0.3) is 0 Å². The Balaban J connectivity index is 2.31. The van der Waals surface area contributed by atoms with Gasteiger partial charge in [-0.2, -0.15) is 0 Å². The predicted octanol–water partition coefficient (Wildman–Crippen LogP) is 3.96. The lowest BCUT2D eigenvalue weighted by atomic mass is 10.3. The number of nitrogens with one attached hydrogen (secondary N) is 1. The molecular formula is C11H8BrClFN3. The van der Waals surface area contributed by atoms with E-state index in [9.17, 15) is 4.39 Å². The molecule has 0 radical (unpaired) electrons. The van der Waals surface area contributed by atoms with Crippen LogP contribution in [0.1, 0.15) is 0 Å². The summed E-state index contributed by atoms with van der Waals surface area (Å²) < 4.78 is 13.4. The summed E-state index contributed by atoms with van der Waals surface area (Å²) in [7, 11) is 0. The van der Waals surface area contributed by atoms with Crippen LogP contribution in [0.15, 0.2) is 34.8 Å². The van der Waals surface area contributed by atoms with Crippen molar-refractivity contribution in [3.05, 3.63) is 45.8 Å². The van der Waals surface area contributed by atoms with Gasteiger partial charge in [-0.1, -0.05) is 11.6 Å². The summed E-state index contributed by atoms with van der Waals surface area (Å²) in [4.78, 5) is 4.04. The van der Waals surface area contributed by atoms with Gasteiger partial charge < -0.3 is 11.1 Å². The lowest BCUT2D eigenvalue weighted by Crippen LogP contribution is -1.99. The number of hydrogen-bond donors (Lipinski definition) is 2. The number of halogens is 3. The Morgan fingerprint density at radius 3 is 2.76 bits per heavy atom. The molecule has 1 aromatic heterocycles. The first-order chi connectivity index (χ1) is 8.06. The van der Waals surface area contributed by atoms with Crippen molar-refractivity contribution < 1.29 is 4.39 Å². The first-order valence-corrected chi connectivity index (χ1v) is 5.87. The number of aromatic nitrogens is 1. The number of anilines is 3. The molecule has 0 aliphatic rings. The van der Waals surface area contributed by atoms with Crippen LogP contribution in [0, 0.1) is 5.82 Å². The van der Waals surface area contributed by atoms with Crippen LogP contribution in [0.3, 0.4) is 0 Å². The van der Waals surface area contributed by atoms with Crippen LogP contribution in [-0.4, -0.2) is 4.98 Å². The van der Waals surface area contributed by atoms with Crippen LogP contribution in [-0.2, 0) is 0 Å². The van der Waals surface area contributed by atoms with Crippen molar-refractivity contribution in [2.45, 2.75) is 0 Å². The Labute approximate surface area is 111 Å². The van der Waals surface area contributed by atoms with Crippen molar-refractivity contribution in [3.8, 4) is 0 Å². The number of benzene rings is 1. The molecule has 0 unspecified atom stereocenters. The van der Waals surface area contributed by atoms with E-state index < -0.39 is 0 Å². The fourth-order valence-corrected chi connectivity index (χ4v) is 1.78. The summed E-state index contributed by atoms with van der Waals surface area (Å²) in [5, 5.41) is 3.30. The lowest BCUT2D eigenvalue weighted by Gasteiger charge is -2.09. The normalized spacial score (nSPS) is 10.3. The highest BCUT2D eigenvalue weighted by Crippen LogP contribution is 2.25. The Morgan fingerprint density at radius 1 is 1.29 bits per heavy atom. The molecule has 0 aliphatic carbocycles. The molecule has 0 saturated heterocycles. The molecule has 0 spiro atoms. The molecule has 0 saturated carbocycles. The van der Waals surface area contributed by atoms with E-state index in [2.05, 4.69) is 26.2 Å². The fraction of sp³-hybridized carbons (Fsp3) is 0. The van der Waals surface area contributed by atoms with Gasteiger partial charge in [-0.25, -0.2) is 9.37 Å². The lowest BCUT2D eigenvalue weighted by molar-refractivity contribution is 0.621. The Morgan fingerprint density at radius 2 is 2.06 bits per heavy atom. The molecule has 2 rings (SSSR count). The molecule has 17 heavy (non-hydrogen) atoms. The van der Waals surface area contributed by atoms with Crippen LogP contribution < -0.4 is 11.1 Å². The highest BCUT2D eigenvalue weighted by Gasteiger charge is 2.05. The maximum atomic E-state index is 13.0. The number of rotatable bonds is 2. The maximum Gasteiger partial charge on any atom is 0.155 e. The molecule has 6 heteroatoms. The van der Waals surface area contributed by atoms with E-state index in [4.69, 9.17) is 17.3 Å². The van der Waals surface area contributed by atoms with Gasteiger partial charge >= 0.3 is 0 Å². The second-order valence-corrected chi connectivity index (χ2v) is 4.57.